The number of ether oxygens (including phenoxy) is 1. The summed E-state index contributed by atoms with van der Waals surface area (Å²) in [6.07, 6.45) is 4.50. The molecule has 5 atom stereocenters. The van der Waals surface area contributed by atoms with E-state index in [9.17, 15) is 19.5 Å². The summed E-state index contributed by atoms with van der Waals surface area (Å²) in [7, 11) is 0. The van der Waals surface area contributed by atoms with Crippen molar-refractivity contribution in [1.82, 2.24) is 15.5 Å². The van der Waals surface area contributed by atoms with E-state index in [1.54, 1.807) is 12.1 Å². The van der Waals surface area contributed by atoms with Crippen LogP contribution in [0.2, 0.25) is 0 Å². The summed E-state index contributed by atoms with van der Waals surface area (Å²) in [5, 5.41) is 17.7. The van der Waals surface area contributed by atoms with Gasteiger partial charge in [-0.15, -0.1) is 12.6 Å². The normalized spacial score (nSPS) is 19.0. The zero-order chi connectivity index (χ0) is 37.3. The Bertz CT molecular complexity index is 1500. The Morgan fingerprint density at radius 1 is 1.02 bits per heavy atom. The van der Waals surface area contributed by atoms with Crippen molar-refractivity contribution in [3.63, 3.8) is 0 Å². The van der Waals surface area contributed by atoms with E-state index >= 15 is 4.79 Å². The Hall–Kier alpha value is -3.41. The van der Waals surface area contributed by atoms with E-state index in [1.165, 1.54) is 6.92 Å². The summed E-state index contributed by atoms with van der Waals surface area (Å²) in [6, 6.07) is 12.8. The number of benzene rings is 2. The van der Waals surface area contributed by atoms with Gasteiger partial charge in [0.15, 0.2) is 0 Å². The van der Waals surface area contributed by atoms with Gasteiger partial charge in [-0.25, -0.2) is 0 Å². The lowest BCUT2D eigenvalue weighted by Crippen LogP contribution is -2.69. The molecule has 2 aromatic carbocycles. The zero-order valence-electron chi connectivity index (χ0n) is 30.9. The molecule has 11 heteroatoms. The van der Waals surface area contributed by atoms with Crippen molar-refractivity contribution < 1.29 is 29.0 Å². The van der Waals surface area contributed by atoms with Gasteiger partial charge in [-0.2, -0.15) is 0 Å². The molecule has 4 rings (SSSR count). The molecular formula is C40H58N4O6S. The van der Waals surface area contributed by atoms with E-state index in [0.717, 1.165) is 42.6 Å². The first-order valence-electron chi connectivity index (χ1n) is 18.6. The second-order valence-electron chi connectivity index (χ2n) is 15.4. The lowest BCUT2D eigenvalue weighted by molar-refractivity contribution is -0.162. The van der Waals surface area contributed by atoms with Crippen LogP contribution in [-0.4, -0.2) is 70.5 Å². The molecule has 10 nitrogen and oxygen atoms in total. The summed E-state index contributed by atoms with van der Waals surface area (Å²) >= 11 is 4.59. The van der Waals surface area contributed by atoms with Crippen LogP contribution in [0.25, 0.3) is 0 Å². The van der Waals surface area contributed by atoms with Crippen LogP contribution in [0.3, 0.4) is 0 Å². The highest BCUT2D eigenvalue weighted by molar-refractivity contribution is 7.80. The average molecular weight is 723 g/mol. The quantitative estimate of drug-likeness (QED) is 0.150. The van der Waals surface area contributed by atoms with Gasteiger partial charge in [0.2, 0.25) is 23.6 Å². The van der Waals surface area contributed by atoms with Crippen LogP contribution >= 0.6 is 12.6 Å². The fourth-order valence-electron chi connectivity index (χ4n) is 7.83. The van der Waals surface area contributed by atoms with Crippen LogP contribution in [0.1, 0.15) is 103 Å². The van der Waals surface area contributed by atoms with E-state index < -0.39 is 47.4 Å². The number of aliphatic hydroxyl groups excluding tert-OH is 1. The third-order valence-electron chi connectivity index (χ3n) is 10.2. The molecule has 0 bridgehead atoms. The molecule has 280 valence electrons. The molecule has 2 aliphatic rings. The lowest BCUT2D eigenvalue weighted by Gasteiger charge is -2.47. The number of rotatable bonds is 16. The van der Waals surface area contributed by atoms with Crippen molar-refractivity contribution in [3.05, 3.63) is 59.7 Å². The van der Waals surface area contributed by atoms with E-state index in [4.69, 9.17) is 10.5 Å². The number of carbonyl (C=O) groups is 4. The number of amides is 4. The summed E-state index contributed by atoms with van der Waals surface area (Å²) in [5.74, 6) is -2.09. The first kappa shape index (κ1) is 40.4. The molecule has 1 aliphatic carbocycles. The van der Waals surface area contributed by atoms with Gasteiger partial charge < -0.3 is 26.2 Å². The maximum atomic E-state index is 15.4. The fourth-order valence-corrected chi connectivity index (χ4v) is 8.04. The van der Waals surface area contributed by atoms with Gasteiger partial charge in [0.25, 0.3) is 0 Å². The third kappa shape index (κ3) is 10.4. The number of thiol groups is 1. The molecule has 0 aromatic heterocycles. The Labute approximate surface area is 309 Å². The second kappa shape index (κ2) is 18.4. The van der Waals surface area contributed by atoms with Gasteiger partial charge in [0, 0.05) is 23.9 Å². The van der Waals surface area contributed by atoms with Gasteiger partial charge >= 0.3 is 0 Å². The SMILES string of the molecule is CC(=O)N(C(=O)[C@@H](N)Cc1ccccc1)[C@](CC(C)C)(C(=O)N[C@@H](CC1CCCCC1)[C@@H](O)CC(=O)NCC(C)C)C1COc2ccc(S)cc21. The Kier molecular flexibility index (Phi) is 14.5. The molecule has 0 radical (unpaired) electrons. The highest BCUT2D eigenvalue weighted by Crippen LogP contribution is 2.47. The molecular weight excluding hydrogens is 665 g/mol. The molecule has 5 N–H and O–H groups in total. The van der Waals surface area contributed by atoms with Gasteiger partial charge in [-0.1, -0.05) is 90.1 Å². The lowest BCUT2D eigenvalue weighted by atomic mass is 9.72. The summed E-state index contributed by atoms with van der Waals surface area (Å²) in [6.45, 7) is 9.65. The summed E-state index contributed by atoms with van der Waals surface area (Å²) in [5.41, 5.74) is 6.30. The zero-order valence-corrected chi connectivity index (χ0v) is 31.8. The van der Waals surface area contributed by atoms with Crippen LogP contribution in [0.4, 0.5) is 0 Å². The van der Waals surface area contributed by atoms with Crippen molar-refractivity contribution in [2.45, 2.75) is 127 Å². The molecule has 1 aliphatic heterocycles. The van der Waals surface area contributed by atoms with E-state index in [0.29, 0.717) is 29.2 Å². The molecule has 2 aromatic rings. The maximum absolute atomic E-state index is 15.4. The Morgan fingerprint density at radius 2 is 1.71 bits per heavy atom. The first-order chi connectivity index (χ1) is 24.2. The number of nitrogens with two attached hydrogens (primary N) is 1. The minimum atomic E-state index is -1.79. The highest BCUT2D eigenvalue weighted by Gasteiger charge is 2.58. The van der Waals surface area contributed by atoms with Gasteiger partial charge in [-0.3, -0.25) is 24.1 Å². The minimum absolute atomic E-state index is 0.0329. The van der Waals surface area contributed by atoms with Crippen LogP contribution in [0, 0.1) is 17.8 Å². The molecule has 0 spiro atoms. The monoisotopic (exact) mass is 722 g/mol. The van der Waals surface area contributed by atoms with Crippen LogP contribution in [0.15, 0.2) is 53.4 Å². The van der Waals surface area contributed by atoms with Crippen LogP contribution < -0.4 is 21.1 Å². The third-order valence-corrected chi connectivity index (χ3v) is 10.5. The van der Waals surface area contributed by atoms with Crippen LogP contribution in [-0.2, 0) is 25.6 Å². The number of nitrogens with one attached hydrogen (secondary N) is 2. The van der Waals surface area contributed by atoms with Crippen molar-refractivity contribution in [2.75, 3.05) is 13.2 Å². The number of nitrogens with zero attached hydrogens (tertiary/aromatic N) is 1. The number of fused-ring (bicyclic) bond motifs is 1. The predicted octanol–water partition coefficient (Wildman–Crippen LogP) is 5.16. The smallest absolute Gasteiger partial charge is 0.247 e. The molecule has 1 unspecified atom stereocenters. The van der Waals surface area contributed by atoms with Crippen molar-refractivity contribution in [2.24, 2.45) is 23.5 Å². The second-order valence-corrected chi connectivity index (χ2v) is 15.9. The summed E-state index contributed by atoms with van der Waals surface area (Å²) in [4.78, 5) is 58.6. The van der Waals surface area contributed by atoms with Gasteiger partial charge in [-0.05, 0) is 60.8 Å². The molecule has 1 heterocycles. The maximum Gasteiger partial charge on any atom is 0.247 e. The number of hydrogen-bond acceptors (Lipinski definition) is 8. The molecule has 4 amide bonds. The fraction of sp³-hybridized carbons (Fsp3) is 0.600. The van der Waals surface area contributed by atoms with E-state index in [2.05, 4.69) is 23.3 Å². The van der Waals surface area contributed by atoms with Gasteiger partial charge in [0.1, 0.15) is 11.3 Å². The molecule has 0 saturated heterocycles. The molecule has 1 saturated carbocycles. The van der Waals surface area contributed by atoms with Crippen molar-refractivity contribution in [3.8, 4) is 5.75 Å². The summed E-state index contributed by atoms with van der Waals surface area (Å²) < 4.78 is 6.15. The standard InChI is InChI=1S/C40H58N4O6S/c1-25(2)22-40(32-24-50-36-17-16-30(51)20-31(32)36,44(27(5)45)38(48)33(41)18-28-12-8-6-9-13-28)39(49)43-34(19-29-14-10-7-11-15-29)35(46)21-37(47)42-23-26(3)4/h6,8-9,12-13,16-17,20,25-26,29,32-35,46,51H,7,10-11,14-15,18-19,21-24,41H2,1-5H3,(H,42,47)(H,43,49)/t32?,33-,34-,35-,40-/m0/s1. The topological polar surface area (TPSA) is 151 Å². The minimum Gasteiger partial charge on any atom is -0.493 e. The molecule has 1 fully saturated rings. The Balaban J connectivity index is 1.82. The predicted molar refractivity (Wildman–Crippen MR) is 201 cm³/mol. The van der Waals surface area contributed by atoms with Crippen molar-refractivity contribution in [1.29, 1.82) is 0 Å². The number of imide groups is 1. The van der Waals surface area contributed by atoms with Gasteiger partial charge in [0.05, 0.1) is 37.1 Å². The van der Waals surface area contributed by atoms with Crippen molar-refractivity contribution >= 4 is 36.3 Å². The number of hydrogen-bond donors (Lipinski definition) is 5. The average Bonchev–Trinajstić information content (AvgIpc) is 3.50. The van der Waals surface area contributed by atoms with E-state index in [-0.39, 0.29) is 49.5 Å². The molecule has 51 heavy (non-hydrogen) atoms. The first-order valence-corrected chi connectivity index (χ1v) is 19.0. The number of carbonyl (C=O) groups excluding carboxylic acids is 4. The van der Waals surface area contributed by atoms with E-state index in [1.807, 2.05) is 64.1 Å². The highest BCUT2D eigenvalue weighted by atomic mass is 32.1. The van der Waals surface area contributed by atoms with Crippen LogP contribution in [0.5, 0.6) is 5.75 Å². The Morgan fingerprint density at radius 3 is 2.33 bits per heavy atom. The number of aliphatic hydroxyl groups is 1. The largest absolute Gasteiger partial charge is 0.493 e.